The van der Waals surface area contributed by atoms with Crippen molar-refractivity contribution in [2.75, 3.05) is 51.4 Å². The molecule has 0 spiro atoms. The van der Waals surface area contributed by atoms with Gasteiger partial charge in [-0.25, -0.2) is 4.98 Å². The van der Waals surface area contributed by atoms with Gasteiger partial charge in [0, 0.05) is 44.5 Å². The number of benzene rings is 1. The van der Waals surface area contributed by atoms with Crippen molar-refractivity contribution in [3.8, 4) is 5.75 Å². The van der Waals surface area contributed by atoms with Gasteiger partial charge in [-0.3, -0.25) is 4.90 Å². The van der Waals surface area contributed by atoms with Crippen LogP contribution in [0.15, 0.2) is 36.5 Å². The van der Waals surface area contributed by atoms with Gasteiger partial charge in [0.15, 0.2) is 11.6 Å². The van der Waals surface area contributed by atoms with Crippen molar-refractivity contribution >= 4 is 5.82 Å². The molecule has 0 aliphatic carbocycles. The lowest BCUT2D eigenvalue weighted by atomic mass is 9.98. The van der Waals surface area contributed by atoms with Gasteiger partial charge in [0.05, 0.1) is 26.4 Å². The minimum Gasteiger partial charge on any atom is -0.493 e. The van der Waals surface area contributed by atoms with Crippen LogP contribution >= 0.6 is 0 Å². The van der Waals surface area contributed by atoms with Crippen molar-refractivity contribution in [1.82, 2.24) is 15.2 Å². The average molecular weight is 411 g/mol. The van der Waals surface area contributed by atoms with E-state index in [9.17, 15) is 0 Å². The summed E-state index contributed by atoms with van der Waals surface area (Å²) >= 11 is 0. The average Bonchev–Trinajstić information content (AvgIpc) is 2.79. The van der Waals surface area contributed by atoms with Gasteiger partial charge in [0.1, 0.15) is 0 Å². The molecule has 0 saturated carbocycles. The maximum absolute atomic E-state index is 5.76. The zero-order valence-electron chi connectivity index (χ0n) is 18.6. The van der Waals surface area contributed by atoms with Gasteiger partial charge < -0.3 is 19.7 Å². The SMILES string of the molecule is COc1cc(C(C)N2CCN[C@H](c3ccccc3C)C2)cnc1N1CCOC[C@@H]1C. The van der Waals surface area contributed by atoms with E-state index in [2.05, 4.69) is 66.2 Å². The molecular weight excluding hydrogens is 376 g/mol. The summed E-state index contributed by atoms with van der Waals surface area (Å²) in [5.41, 5.74) is 3.93. The van der Waals surface area contributed by atoms with Gasteiger partial charge in [-0.1, -0.05) is 24.3 Å². The molecule has 2 aliphatic heterocycles. The fourth-order valence-corrected chi connectivity index (χ4v) is 4.61. The molecule has 4 rings (SSSR count). The molecule has 1 N–H and O–H groups in total. The first-order chi connectivity index (χ1) is 14.6. The minimum absolute atomic E-state index is 0.274. The number of rotatable bonds is 5. The first kappa shape index (κ1) is 21.1. The number of nitrogens with one attached hydrogen (secondary N) is 1. The molecule has 0 bridgehead atoms. The van der Waals surface area contributed by atoms with Crippen molar-refractivity contribution in [3.05, 3.63) is 53.2 Å². The Morgan fingerprint density at radius 1 is 1.27 bits per heavy atom. The highest BCUT2D eigenvalue weighted by molar-refractivity contribution is 5.54. The molecule has 0 radical (unpaired) electrons. The van der Waals surface area contributed by atoms with Gasteiger partial charge >= 0.3 is 0 Å². The molecule has 2 aromatic rings. The maximum Gasteiger partial charge on any atom is 0.171 e. The van der Waals surface area contributed by atoms with E-state index >= 15 is 0 Å². The van der Waals surface area contributed by atoms with E-state index in [1.807, 2.05) is 6.20 Å². The maximum atomic E-state index is 5.76. The molecule has 2 aliphatic rings. The monoisotopic (exact) mass is 410 g/mol. The summed E-state index contributed by atoms with van der Waals surface area (Å²) < 4.78 is 11.3. The Bertz CT molecular complexity index is 859. The number of piperazine rings is 1. The topological polar surface area (TPSA) is 49.9 Å². The van der Waals surface area contributed by atoms with Crippen molar-refractivity contribution in [3.63, 3.8) is 0 Å². The molecular formula is C24H34N4O2. The van der Waals surface area contributed by atoms with Crippen LogP contribution in [0.5, 0.6) is 5.75 Å². The largest absolute Gasteiger partial charge is 0.493 e. The molecule has 1 aromatic heterocycles. The number of methoxy groups -OCH3 is 1. The second-order valence-corrected chi connectivity index (χ2v) is 8.45. The number of ether oxygens (including phenoxy) is 2. The third-order valence-corrected chi connectivity index (χ3v) is 6.51. The molecule has 3 heterocycles. The molecule has 2 fully saturated rings. The zero-order chi connectivity index (χ0) is 21.1. The van der Waals surface area contributed by atoms with E-state index < -0.39 is 0 Å². The Morgan fingerprint density at radius 2 is 2.10 bits per heavy atom. The molecule has 3 atom stereocenters. The summed E-state index contributed by atoms with van der Waals surface area (Å²) in [6.45, 7) is 11.9. The van der Waals surface area contributed by atoms with Crippen LogP contribution in [-0.4, -0.2) is 62.4 Å². The van der Waals surface area contributed by atoms with Crippen molar-refractivity contribution < 1.29 is 9.47 Å². The second-order valence-electron chi connectivity index (χ2n) is 8.45. The minimum atomic E-state index is 0.274. The molecule has 2 saturated heterocycles. The second kappa shape index (κ2) is 9.33. The Kier molecular flexibility index (Phi) is 6.56. The van der Waals surface area contributed by atoms with Crippen LogP contribution in [-0.2, 0) is 4.74 Å². The standard InChI is InChI=1S/C24H34N4O2/c1-17-7-5-6-8-21(17)22-15-27(10-9-25-22)19(3)20-13-23(29-4)24(26-14-20)28-11-12-30-16-18(28)2/h5-8,13-14,18-19,22,25H,9-12,15-16H2,1-4H3/t18-,19?,22-/m0/s1. The lowest BCUT2D eigenvalue weighted by Crippen LogP contribution is -2.46. The molecule has 1 unspecified atom stereocenters. The quantitative estimate of drug-likeness (QED) is 0.816. The third-order valence-electron chi connectivity index (χ3n) is 6.51. The Hall–Kier alpha value is -2.15. The van der Waals surface area contributed by atoms with E-state index in [1.54, 1.807) is 7.11 Å². The van der Waals surface area contributed by atoms with Gasteiger partial charge in [0.2, 0.25) is 0 Å². The lowest BCUT2D eigenvalue weighted by Gasteiger charge is -2.39. The summed E-state index contributed by atoms with van der Waals surface area (Å²) in [5.74, 6) is 1.76. The predicted octanol–water partition coefficient (Wildman–Crippen LogP) is 3.33. The number of pyridine rings is 1. The van der Waals surface area contributed by atoms with Gasteiger partial charge in [0.25, 0.3) is 0 Å². The molecule has 162 valence electrons. The number of aryl methyl sites for hydroxylation is 1. The fraction of sp³-hybridized carbons (Fsp3) is 0.542. The molecule has 1 aromatic carbocycles. The van der Waals surface area contributed by atoms with E-state index in [0.717, 1.165) is 51.0 Å². The fourth-order valence-electron chi connectivity index (χ4n) is 4.61. The van der Waals surface area contributed by atoms with Gasteiger partial charge in [-0.2, -0.15) is 0 Å². The Labute approximate surface area is 180 Å². The zero-order valence-corrected chi connectivity index (χ0v) is 18.6. The van der Waals surface area contributed by atoms with Gasteiger partial charge in [-0.05, 0) is 43.5 Å². The molecule has 0 amide bonds. The highest BCUT2D eigenvalue weighted by Gasteiger charge is 2.28. The lowest BCUT2D eigenvalue weighted by molar-refractivity contribution is 0.0982. The van der Waals surface area contributed by atoms with E-state index in [-0.39, 0.29) is 6.04 Å². The molecule has 30 heavy (non-hydrogen) atoms. The number of morpholine rings is 1. The van der Waals surface area contributed by atoms with Crippen LogP contribution in [0.2, 0.25) is 0 Å². The van der Waals surface area contributed by atoms with Crippen LogP contribution in [0.1, 0.15) is 42.6 Å². The number of hydrogen-bond acceptors (Lipinski definition) is 6. The van der Waals surface area contributed by atoms with E-state index in [0.29, 0.717) is 12.1 Å². The number of anilines is 1. The van der Waals surface area contributed by atoms with E-state index in [1.165, 1.54) is 16.7 Å². The van der Waals surface area contributed by atoms with Crippen LogP contribution in [0, 0.1) is 6.92 Å². The van der Waals surface area contributed by atoms with E-state index in [4.69, 9.17) is 14.5 Å². The summed E-state index contributed by atoms with van der Waals surface area (Å²) in [4.78, 5) is 9.66. The number of hydrogen-bond donors (Lipinski definition) is 1. The van der Waals surface area contributed by atoms with Crippen LogP contribution in [0.25, 0.3) is 0 Å². The summed E-state index contributed by atoms with van der Waals surface area (Å²) in [7, 11) is 1.74. The van der Waals surface area contributed by atoms with Crippen molar-refractivity contribution in [1.29, 1.82) is 0 Å². The summed E-state index contributed by atoms with van der Waals surface area (Å²) in [6.07, 6.45) is 2.02. The first-order valence-electron chi connectivity index (χ1n) is 11.0. The third kappa shape index (κ3) is 4.31. The smallest absolute Gasteiger partial charge is 0.171 e. The van der Waals surface area contributed by atoms with Crippen LogP contribution < -0.4 is 15.0 Å². The first-order valence-corrected chi connectivity index (χ1v) is 11.0. The number of aromatic nitrogens is 1. The Balaban J connectivity index is 1.52. The van der Waals surface area contributed by atoms with Crippen molar-refractivity contribution in [2.45, 2.75) is 38.9 Å². The number of nitrogens with zero attached hydrogens (tertiary/aromatic N) is 3. The predicted molar refractivity (Wildman–Crippen MR) is 120 cm³/mol. The summed E-state index contributed by atoms with van der Waals surface area (Å²) in [6, 6.07) is 11.8. The summed E-state index contributed by atoms with van der Waals surface area (Å²) in [5, 5.41) is 3.69. The molecule has 6 heteroatoms. The highest BCUT2D eigenvalue weighted by Crippen LogP contribution is 2.33. The van der Waals surface area contributed by atoms with Crippen LogP contribution in [0.3, 0.4) is 0 Å². The Morgan fingerprint density at radius 3 is 2.87 bits per heavy atom. The van der Waals surface area contributed by atoms with Crippen LogP contribution in [0.4, 0.5) is 5.82 Å². The molecule has 6 nitrogen and oxygen atoms in total. The van der Waals surface area contributed by atoms with Crippen molar-refractivity contribution in [2.24, 2.45) is 0 Å². The van der Waals surface area contributed by atoms with Gasteiger partial charge in [-0.15, -0.1) is 0 Å². The highest BCUT2D eigenvalue weighted by atomic mass is 16.5. The normalized spacial score (nSPS) is 23.9.